The van der Waals surface area contributed by atoms with Crippen molar-refractivity contribution in [3.8, 4) is 11.5 Å². The van der Waals surface area contributed by atoms with Gasteiger partial charge in [0.15, 0.2) is 5.96 Å². The van der Waals surface area contributed by atoms with E-state index >= 15 is 0 Å². The van der Waals surface area contributed by atoms with E-state index in [9.17, 15) is 34.8 Å². The number of aliphatic hydroxyl groups excluding tert-OH is 1. The molecular weight excluding hydrogens is 494 g/mol. The Balaban J connectivity index is 1.66. The number of β-amino-alcohol motifs (C(OH)–C–C–N with tert-alkyl or cyclic N) is 1. The van der Waals surface area contributed by atoms with Gasteiger partial charge in [-0.05, 0) is 36.8 Å². The molecule has 12 nitrogen and oxygen atoms in total. The number of carboxylic acids is 1. The molecule has 1 heterocycles. The molecule has 2 amide bonds. The zero-order valence-corrected chi connectivity index (χ0v) is 20.0. The molecule has 3 rings (SSSR count). The number of nitrogens with zero attached hydrogens (tertiary/aromatic N) is 1. The van der Waals surface area contributed by atoms with Crippen LogP contribution in [0, 0.1) is 6.92 Å². The summed E-state index contributed by atoms with van der Waals surface area (Å²) in [5, 5.41) is 50.0. The predicted molar refractivity (Wildman–Crippen MR) is 131 cm³/mol. The number of carbonyl (C=O) groups excluding carboxylic acids is 2. The van der Waals surface area contributed by atoms with E-state index in [4.69, 9.17) is 11.6 Å². The fourth-order valence-corrected chi connectivity index (χ4v) is 3.80. The number of hydrogen-bond acceptors (Lipinski definition) is 9. The Kier molecular flexibility index (Phi) is 8.56. The number of anilines is 1. The summed E-state index contributed by atoms with van der Waals surface area (Å²) in [5.74, 6) is -2.63. The minimum atomic E-state index is -1.22. The van der Waals surface area contributed by atoms with Gasteiger partial charge in [0, 0.05) is 34.4 Å². The molecule has 0 spiro atoms. The quantitative estimate of drug-likeness (QED) is 0.249. The average molecular weight is 520 g/mol. The number of benzene rings is 2. The number of phenolic OH excluding ortho intramolecular Hbond substituents is 2. The first-order valence-electron chi connectivity index (χ1n) is 10.9. The number of carbonyl (C=O) groups is 3. The maximum Gasteiger partial charge on any atom is 0.305 e. The lowest BCUT2D eigenvalue weighted by molar-refractivity contribution is -0.137. The van der Waals surface area contributed by atoms with Crippen molar-refractivity contribution >= 4 is 41.0 Å². The van der Waals surface area contributed by atoms with Crippen molar-refractivity contribution in [1.82, 2.24) is 16.0 Å². The normalized spacial score (nSPS) is 15.8. The Morgan fingerprint density at radius 1 is 1.19 bits per heavy atom. The molecule has 1 unspecified atom stereocenters. The molecule has 2 aromatic carbocycles. The fraction of sp³-hybridized carbons (Fsp3) is 0.304. The van der Waals surface area contributed by atoms with Crippen molar-refractivity contribution in [2.24, 2.45) is 4.99 Å². The number of halogens is 1. The number of rotatable bonds is 8. The number of phenols is 2. The summed E-state index contributed by atoms with van der Waals surface area (Å²) in [5.41, 5.74) is 0.944. The Bertz CT molecular complexity index is 1200. The van der Waals surface area contributed by atoms with Crippen molar-refractivity contribution in [2.75, 3.05) is 25.0 Å². The Morgan fingerprint density at radius 2 is 1.94 bits per heavy atom. The topological polar surface area (TPSA) is 193 Å². The lowest BCUT2D eigenvalue weighted by atomic mass is 10.00. The number of amides is 2. The van der Waals surface area contributed by atoms with Crippen LogP contribution in [0.2, 0.25) is 5.02 Å². The van der Waals surface area contributed by atoms with E-state index in [1.807, 2.05) is 0 Å². The van der Waals surface area contributed by atoms with Crippen LogP contribution in [0.4, 0.5) is 5.69 Å². The summed E-state index contributed by atoms with van der Waals surface area (Å²) in [7, 11) is 0. The molecule has 0 fully saturated rings. The second-order valence-electron chi connectivity index (χ2n) is 8.18. The summed E-state index contributed by atoms with van der Waals surface area (Å²) >= 11 is 6.03. The number of aliphatic carboxylic acids is 1. The Hall–Kier alpha value is -4.03. The minimum Gasteiger partial charge on any atom is -0.508 e. The average Bonchev–Trinajstić information content (AvgIpc) is 2.80. The van der Waals surface area contributed by atoms with Crippen LogP contribution in [0.3, 0.4) is 0 Å². The molecule has 1 aliphatic heterocycles. The predicted octanol–water partition coefficient (Wildman–Crippen LogP) is 0.854. The minimum absolute atomic E-state index is 0.0481. The number of aliphatic hydroxyl groups is 1. The van der Waals surface area contributed by atoms with Gasteiger partial charge in [0.1, 0.15) is 11.5 Å². The van der Waals surface area contributed by atoms with Gasteiger partial charge in [-0.2, -0.15) is 0 Å². The first-order valence-corrected chi connectivity index (χ1v) is 11.3. The second-order valence-corrected chi connectivity index (χ2v) is 8.62. The van der Waals surface area contributed by atoms with Crippen molar-refractivity contribution in [2.45, 2.75) is 25.5 Å². The highest BCUT2D eigenvalue weighted by Gasteiger charge is 2.23. The smallest absolute Gasteiger partial charge is 0.305 e. The highest BCUT2D eigenvalue weighted by molar-refractivity contribution is 6.30. The maximum atomic E-state index is 12.6. The van der Waals surface area contributed by atoms with E-state index in [0.29, 0.717) is 23.8 Å². The highest BCUT2D eigenvalue weighted by Crippen LogP contribution is 2.32. The largest absolute Gasteiger partial charge is 0.508 e. The van der Waals surface area contributed by atoms with Gasteiger partial charge in [-0.25, -0.2) is 0 Å². The van der Waals surface area contributed by atoms with Crippen LogP contribution in [0.5, 0.6) is 11.5 Å². The number of hydrogen-bond donors (Lipinski definition) is 8. The highest BCUT2D eigenvalue weighted by atomic mass is 35.5. The molecule has 0 aliphatic carbocycles. The summed E-state index contributed by atoms with van der Waals surface area (Å²) in [4.78, 5) is 40.5. The van der Waals surface area contributed by atoms with Gasteiger partial charge in [-0.15, -0.1) is 0 Å². The van der Waals surface area contributed by atoms with Crippen LogP contribution in [0.1, 0.15) is 33.9 Å². The lowest BCUT2D eigenvalue weighted by Gasteiger charge is -2.20. The van der Waals surface area contributed by atoms with E-state index in [-0.39, 0.29) is 34.2 Å². The van der Waals surface area contributed by atoms with Crippen LogP contribution >= 0.6 is 11.6 Å². The van der Waals surface area contributed by atoms with Crippen molar-refractivity contribution in [3.05, 3.63) is 52.0 Å². The van der Waals surface area contributed by atoms with E-state index in [2.05, 4.69) is 26.3 Å². The molecule has 0 saturated heterocycles. The first-order chi connectivity index (χ1) is 17.0. The van der Waals surface area contributed by atoms with Gasteiger partial charge in [0.25, 0.3) is 5.91 Å². The molecular formula is C23H26ClN5O7. The van der Waals surface area contributed by atoms with Crippen molar-refractivity contribution < 1.29 is 34.8 Å². The molecule has 0 saturated carbocycles. The SMILES string of the molecule is Cc1cc(Cl)cc([C@@H](CC(=O)O)NC(=O)CNC(=O)c2cc(O)cc(NC3=NCC(O)CN3)c2)c1O. The number of aromatic hydroxyl groups is 2. The molecule has 0 bridgehead atoms. The monoisotopic (exact) mass is 519 g/mol. The lowest BCUT2D eigenvalue weighted by Crippen LogP contribution is -2.42. The molecule has 0 radical (unpaired) electrons. The van der Waals surface area contributed by atoms with Crippen molar-refractivity contribution in [3.63, 3.8) is 0 Å². The van der Waals surface area contributed by atoms with Crippen LogP contribution in [0.25, 0.3) is 0 Å². The number of aryl methyl sites for hydroxylation is 1. The second kappa shape index (κ2) is 11.6. The molecule has 0 aromatic heterocycles. The number of carboxylic acid groups (broad SMARTS) is 1. The third-order valence-electron chi connectivity index (χ3n) is 5.20. The first kappa shape index (κ1) is 26.6. The van der Waals surface area contributed by atoms with Crippen LogP contribution in [0.15, 0.2) is 35.3 Å². The van der Waals surface area contributed by atoms with Gasteiger partial charge < -0.3 is 41.7 Å². The van der Waals surface area contributed by atoms with Gasteiger partial charge in [0.2, 0.25) is 5.91 Å². The van der Waals surface area contributed by atoms with Gasteiger partial charge in [-0.1, -0.05) is 11.6 Å². The van der Waals surface area contributed by atoms with Crippen LogP contribution in [-0.4, -0.2) is 69.9 Å². The third kappa shape index (κ3) is 7.23. The molecule has 2 aromatic rings. The number of aliphatic imine (C=N–C) groups is 1. The van der Waals surface area contributed by atoms with Crippen LogP contribution in [-0.2, 0) is 9.59 Å². The number of nitrogens with one attached hydrogen (secondary N) is 4. The maximum absolute atomic E-state index is 12.6. The molecule has 1 aliphatic rings. The van der Waals surface area contributed by atoms with Gasteiger partial charge in [0.05, 0.1) is 31.7 Å². The molecule has 36 heavy (non-hydrogen) atoms. The van der Waals surface area contributed by atoms with Crippen LogP contribution < -0.4 is 21.3 Å². The van der Waals surface area contributed by atoms with E-state index in [1.54, 1.807) is 6.92 Å². The summed E-state index contributed by atoms with van der Waals surface area (Å²) in [6, 6.07) is 5.78. The molecule has 13 heteroatoms. The van der Waals surface area contributed by atoms with E-state index in [1.165, 1.54) is 30.3 Å². The molecule has 8 N–H and O–H groups in total. The molecule has 192 valence electrons. The summed E-state index contributed by atoms with van der Waals surface area (Å²) < 4.78 is 0. The van der Waals surface area contributed by atoms with E-state index < -0.39 is 42.9 Å². The standard InChI is InChI=1S/C23H26ClN5O7/c1-11-2-13(24)5-17(21(11)35)18(7-20(33)34)29-19(32)10-25-22(36)12-3-14(6-15(30)4-12)28-23-26-8-16(31)9-27-23/h2-6,16,18,30-31,35H,7-10H2,1H3,(H,25,36)(H,29,32)(H,33,34)(H2,26,27,28)/t18-/m1/s1. The summed E-state index contributed by atoms with van der Waals surface area (Å²) in [6.07, 6.45) is -1.13. The van der Waals surface area contributed by atoms with E-state index in [0.717, 1.165) is 0 Å². The number of guanidine groups is 1. The Labute approximate surface area is 211 Å². The summed E-state index contributed by atoms with van der Waals surface area (Å²) in [6.45, 7) is 1.58. The molecule has 2 atom stereocenters. The zero-order valence-electron chi connectivity index (χ0n) is 19.2. The fourth-order valence-electron chi connectivity index (χ4n) is 3.51. The third-order valence-corrected chi connectivity index (χ3v) is 5.42. The van der Waals surface area contributed by atoms with Gasteiger partial charge in [-0.3, -0.25) is 19.4 Å². The van der Waals surface area contributed by atoms with Gasteiger partial charge >= 0.3 is 5.97 Å². The Morgan fingerprint density at radius 3 is 2.61 bits per heavy atom. The van der Waals surface area contributed by atoms with Crippen molar-refractivity contribution in [1.29, 1.82) is 0 Å². The zero-order chi connectivity index (χ0) is 26.4.